The Bertz CT molecular complexity index is 431. The van der Waals surface area contributed by atoms with E-state index >= 15 is 0 Å². The number of hydrogen-bond donors (Lipinski definition) is 2. The molecule has 0 aromatic heterocycles. The molecule has 1 aromatic rings. The lowest BCUT2D eigenvalue weighted by molar-refractivity contribution is -0.122. The first-order chi connectivity index (χ1) is 9.69. The summed E-state index contributed by atoms with van der Waals surface area (Å²) in [6.45, 7) is 1.19. The predicted molar refractivity (Wildman–Crippen MR) is 78.9 cm³/mol. The molecule has 0 heterocycles. The number of carbonyl (C=O) groups excluding carboxylic acids is 1. The van der Waals surface area contributed by atoms with Crippen molar-refractivity contribution in [1.29, 1.82) is 0 Å². The molecule has 2 atom stereocenters. The average molecular weight is 276 g/mol. The van der Waals surface area contributed by atoms with E-state index in [2.05, 4.69) is 5.32 Å². The van der Waals surface area contributed by atoms with Crippen molar-refractivity contribution in [3.05, 3.63) is 35.4 Å². The second-order valence-corrected chi connectivity index (χ2v) is 5.59. The lowest BCUT2D eigenvalue weighted by Gasteiger charge is -2.14. The molecule has 4 nitrogen and oxygen atoms in total. The van der Waals surface area contributed by atoms with Gasteiger partial charge in [0.15, 0.2) is 0 Å². The Hall–Kier alpha value is -1.39. The maximum Gasteiger partial charge on any atom is 0.220 e. The van der Waals surface area contributed by atoms with Crippen molar-refractivity contribution in [3.63, 3.8) is 0 Å². The molecule has 1 amide bonds. The standard InChI is InChI=1S/C16H24N2O2/c1-20-11-13-7-5-12(6-8-13)10-18-16(19)9-14-3-2-4-15(14)17/h5-8,14-15H,2-4,9-11,17H2,1H3,(H,18,19)/t14-,15+/m0/s1. The molecule has 1 aliphatic carbocycles. The van der Waals surface area contributed by atoms with Crippen LogP contribution in [0.4, 0.5) is 0 Å². The second kappa shape index (κ2) is 7.41. The molecule has 1 saturated carbocycles. The quantitative estimate of drug-likeness (QED) is 0.835. The van der Waals surface area contributed by atoms with Crippen LogP contribution in [0, 0.1) is 5.92 Å². The number of carbonyl (C=O) groups is 1. The van der Waals surface area contributed by atoms with Gasteiger partial charge in [-0.2, -0.15) is 0 Å². The highest BCUT2D eigenvalue weighted by Crippen LogP contribution is 2.26. The molecule has 2 rings (SSSR count). The number of ether oxygens (including phenoxy) is 1. The van der Waals surface area contributed by atoms with Crippen LogP contribution in [0.2, 0.25) is 0 Å². The Kier molecular flexibility index (Phi) is 5.56. The minimum Gasteiger partial charge on any atom is -0.380 e. The number of hydrogen-bond acceptors (Lipinski definition) is 3. The van der Waals surface area contributed by atoms with Crippen molar-refractivity contribution in [2.24, 2.45) is 11.7 Å². The molecule has 0 radical (unpaired) electrons. The van der Waals surface area contributed by atoms with Gasteiger partial charge < -0.3 is 15.8 Å². The molecule has 4 heteroatoms. The van der Waals surface area contributed by atoms with Gasteiger partial charge in [0.1, 0.15) is 0 Å². The van der Waals surface area contributed by atoms with E-state index in [0.717, 1.165) is 30.4 Å². The molecule has 1 fully saturated rings. The smallest absolute Gasteiger partial charge is 0.220 e. The van der Waals surface area contributed by atoms with Crippen LogP contribution >= 0.6 is 0 Å². The first-order valence-electron chi connectivity index (χ1n) is 7.28. The van der Waals surface area contributed by atoms with Gasteiger partial charge in [-0.05, 0) is 29.9 Å². The summed E-state index contributed by atoms with van der Waals surface area (Å²) in [5.74, 6) is 0.465. The van der Waals surface area contributed by atoms with E-state index in [-0.39, 0.29) is 11.9 Å². The topological polar surface area (TPSA) is 64.3 Å². The summed E-state index contributed by atoms with van der Waals surface area (Å²) in [5.41, 5.74) is 8.23. The van der Waals surface area contributed by atoms with E-state index in [1.807, 2.05) is 24.3 Å². The van der Waals surface area contributed by atoms with Crippen LogP contribution in [0.15, 0.2) is 24.3 Å². The van der Waals surface area contributed by atoms with Crippen LogP contribution in [0.1, 0.15) is 36.8 Å². The number of rotatable bonds is 6. The van der Waals surface area contributed by atoms with Crippen LogP contribution in [0.5, 0.6) is 0 Å². The Morgan fingerprint density at radius 1 is 1.30 bits per heavy atom. The summed E-state index contributed by atoms with van der Waals surface area (Å²) < 4.78 is 5.07. The molecule has 110 valence electrons. The molecule has 0 spiro atoms. The van der Waals surface area contributed by atoms with Crippen molar-refractivity contribution in [2.75, 3.05) is 7.11 Å². The van der Waals surface area contributed by atoms with E-state index in [9.17, 15) is 4.79 Å². The van der Waals surface area contributed by atoms with Crippen LogP contribution in [0.25, 0.3) is 0 Å². The average Bonchev–Trinajstić information content (AvgIpc) is 2.84. The van der Waals surface area contributed by atoms with Crippen molar-refractivity contribution in [2.45, 2.75) is 44.9 Å². The van der Waals surface area contributed by atoms with E-state index in [4.69, 9.17) is 10.5 Å². The fourth-order valence-electron chi connectivity index (χ4n) is 2.75. The highest BCUT2D eigenvalue weighted by Gasteiger charge is 2.25. The first-order valence-corrected chi connectivity index (χ1v) is 7.28. The molecule has 0 aliphatic heterocycles. The van der Waals surface area contributed by atoms with Gasteiger partial charge >= 0.3 is 0 Å². The van der Waals surface area contributed by atoms with Crippen LogP contribution < -0.4 is 11.1 Å². The van der Waals surface area contributed by atoms with Crippen LogP contribution in [-0.4, -0.2) is 19.1 Å². The zero-order chi connectivity index (χ0) is 14.4. The molecule has 0 unspecified atom stereocenters. The number of nitrogens with two attached hydrogens (primary N) is 1. The SMILES string of the molecule is COCc1ccc(CNC(=O)C[C@@H]2CCC[C@H]2N)cc1. The van der Waals surface area contributed by atoms with E-state index < -0.39 is 0 Å². The molecule has 0 saturated heterocycles. The summed E-state index contributed by atoms with van der Waals surface area (Å²) in [6.07, 6.45) is 3.85. The van der Waals surface area contributed by atoms with Gasteiger partial charge in [-0.25, -0.2) is 0 Å². The fourth-order valence-corrected chi connectivity index (χ4v) is 2.75. The van der Waals surface area contributed by atoms with E-state index in [1.165, 1.54) is 0 Å². The molecule has 1 aliphatic rings. The molecule has 1 aromatic carbocycles. The number of nitrogens with one attached hydrogen (secondary N) is 1. The maximum atomic E-state index is 11.9. The minimum atomic E-state index is 0.105. The van der Waals surface area contributed by atoms with Gasteiger partial charge in [0, 0.05) is 26.1 Å². The number of methoxy groups -OCH3 is 1. The Balaban J connectivity index is 1.75. The van der Waals surface area contributed by atoms with Gasteiger partial charge in [0.2, 0.25) is 5.91 Å². The molecular weight excluding hydrogens is 252 g/mol. The second-order valence-electron chi connectivity index (χ2n) is 5.59. The largest absolute Gasteiger partial charge is 0.380 e. The van der Waals surface area contributed by atoms with Crippen molar-refractivity contribution >= 4 is 5.91 Å². The first kappa shape index (κ1) is 15.0. The zero-order valence-corrected chi connectivity index (χ0v) is 12.1. The Morgan fingerprint density at radius 2 is 2.00 bits per heavy atom. The number of amides is 1. The Labute approximate surface area is 120 Å². The summed E-state index contributed by atoms with van der Waals surface area (Å²) in [4.78, 5) is 11.9. The van der Waals surface area contributed by atoms with Gasteiger partial charge in [-0.15, -0.1) is 0 Å². The third-order valence-corrected chi connectivity index (χ3v) is 3.99. The fraction of sp³-hybridized carbons (Fsp3) is 0.562. The molecule has 0 bridgehead atoms. The van der Waals surface area contributed by atoms with Crippen molar-refractivity contribution in [3.8, 4) is 0 Å². The lowest BCUT2D eigenvalue weighted by Crippen LogP contribution is -2.31. The third kappa shape index (κ3) is 4.32. The van der Waals surface area contributed by atoms with E-state index in [0.29, 0.717) is 25.5 Å². The predicted octanol–water partition coefficient (Wildman–Crippen LogP) is 1.97. The van der Waals surface area contributed by atoms with Gasteiger partial charge in [0.05, 0.1) is 6.61 Å². The van der Waals surface area contributed by atoms with E-state index in [1.54, 1.807) is 7.11 Å². The summed E-state index contributed by atoms with van der Waals surface area (Å²) in [5, 5.41) is 2.97. The summed E-state index contributed by atoms with van der Waals surface area (Å²) in [7, 11) is 1.68. The number of benzene rings is 1. The third-order valence-electron chi connectivity index (χ3n) is 3.99. The van der Waals surface area contributed by atoms with Gasteiger partial charge in [0.25, 0.3) is 0 Å². The van der Waals surface area contributed by atoms with Crippen LogP contribution in [-0.2, 0) is 22.7 Å². The normalized spacial score (nSPS) is 21.9. The van der Waals surface area contributed by atoms with Crippen molar-refractivity contribution < 1.29 is 9.53 Å². The molecule has 3 N–H and O–H groups in total. The molecular formula is C16H24N2O2. The lowest BCUT2D eigenvalue weighted by atomic mass is 10.00. The van der Waals surface area contributed by atoms with Gasteiger partial charge in [-0.3, -0.25) is 4.79 Å². The molecule has 20 heavy (non-hydrogen) atoms. The maximum absolute atomic E-state index is 11.9. The van der Waals surface area contributed by atoms with Crippen LogP contribution in [0.3, 0.4) is 0 Å². The highest BCUT2D eigenvalue weighted by atomic mass is 16.5. The minimum absolute atomic E-state index is 0.105. The summed E-state index contributed by atoms with van der Waals surface area (Å²) >= 11 is 0. The monoisotopic (exact) mass is 276 g/mol. The Morgan fingerprint density at radius 3 is 2.60 bits per heavy atom. The van der Waals surface area contributed by atoms with Gasteiger partial charge in [-0.1, -0.05) is 30.7 Å². The summed E-state index contributed by atoms with van der Waals surface area (Å²) in [6, 6.07) is 8.30. The highest BCUT2D eigenvalue weighted by molar-refractivity contribution is 5.76. The van der Waals surface area contributed by atoms with Crippen molar-refractivity contribution in [1.82, 2.24) is 5.32 Å². The zero-order valence-electron chi connectivity index (χ0n) is 12.1.